The van der Waals surface area contributed by atoms with Crippen molar-refractivity contribution >= 4 is 16.5 Å². The smallest absolute Gasteiger partial charge is 0.139 e. The summed E-state index contributed by atoms with van der Waals surface area (Å²) in [5, 5.41) is 8.98. The molecule has 0 bridgehead atoms. The van der Waals surface area contributed by atoms with E-state index in [1.54, 1.807) is 0 Å². The summed E-state index contributed by atoms with van der Waals surface area (Å²) >= 11 is 0. The zero-order valence-corrected chi connectivity index (χ0v) is 9.65. The van der Waals surface area contributed by atoms with E-state index in [9.17, 15) is 0 Å². The quantitative estimate of drug-likeness (QED) is 0.634. The van der Waals surface area contributed by atoms with Crippen molar-refractivity contribution in [3.8, 4) is 0 Å². The van der Waals surface area contributed by atoms with E-state index in [0.29, 0.717) is 6.23 Å². The van der Waals surface area contributed by atoms with Crippen LogP contribution in [0.15, 0.2) is 0 Å². The molecule has 0 spiro atoms. The fourth-order valence-corrected chi connectivity index (χ4v) is 9.49. The maximum Gasteiger partial charge on any atom is 0.139 e. The van der Waals surface area contributed by atoms with Crippen LogP contribution in [-0.2, 0) is 0 Å². The minimum Gasteiger partial charge on any atom is -0.398 e. The van der Waals surface area contributed by atoms with E-state index in [1.807, 2.05) is 0 Å². The first-order valence-corrected chi connectivity index (χ1v) is 10.4. The third kappa shape index (κ3) is 5.16. The van der Waals surface area contributed by atoms with Gasteiger partial charge in [-0.15, -0.1) is 0 Å². The monoisotopic (exact) mass is 177 g/mol. The molecule has 0 rings (SSSR count). The van der Waals surface area contributed by atoms with Crippen molar-refractivity contribution in [3.05, 3.63) is 0 Å². The van der Waals surface area contributed by atoms with Gasteiger partial charge in [0.15, 0.2) is 0 Å². The van der Waals surface area contributed by atoms with Crippen molar-refractivity contribution in [3.63, 3.8) is 0 Å². The van der Waals surface area contributed by atoms with Crippen LogP contribution < -0.4 is 4.65 Å². The van der Waals surface area contributed by atoms with Gasteiger partial charge in [0.05, 0.1) is 0 Å². The second kappa shape index (κ2) is 3.17. The molecule has 0 heterocycles. The molecule has 0 amide bonds. The molecule has 0 radical (unpaired) electrons. The van der Waals surface area contributed by atoms with Crippen LogP contribution in [0.5, 0.6) is 0 Å². The molecule has 0 saturated heterocycles. The number of hydrogen-bond donors (Lipinski definition) is 2. The van der Waals surface area contributed by atoms with Crippen LogP contribution in [0.25, 0.3) is 0 Å². The standard InChI is InChI=1S/C6H19NOSi2/c1-9(2,3)7-10(4,5)6-8/h7-8H,6H2,1-5H3. The van der Waals surface area contributed by atoms with Crippen LogP contribution >= 0.6 is 0 Å². The summed E-state index contributed by atoms with van der Waals surface area (Å²) in [6.45, 7) is 11.1. The van der Waals surface area contributed by atoms with Crippen molar-refractivity contribution in [1.29, 1.82) is 0 Å². The first kappa shape index (κ1) is 10.4. The van der Waals surface area contributed by atoms with Gasteiger partial charge in [0.25, 0.3) is 0 Å². The van der Waals surface area contributed by atoms with E-state index in [0.717, 1.165) is 0 Å². The zero-order chi connectivity index (χ0) is 8.41. The maximum atomic E-state index is 8.98. The molecule has 4 heteroatoms. The minimum atomic E-state index is -1.45. The summed E-state index contributed by atoms with van der Waals surface area (Å²) in [4.78, 5) is 0. The van der Waals surface area contributed by atoms with Crippen LogP contribution in [0.3, 0.4) is 0 Å². The predicted molar refractivity (Wildman–Crippen MR) is 51.0 cm³/mol. The van der Waals surface area contributed by atoms with E-state index >= 15 is 0 Å². The predicted octanol–water partition coefficient (Wildman–Crippen LogP) is 1.15. The van der Waals surface area contributed by atoms with E-state index < -0.39 is 16.5 Å². The van der Waals surface area contributed by atoms with Crippen LogP contribution in [0.4, 0.5) is 0 Å². The van der Waals surface area contributed by atoms with Gasteiger partial charge in [-0.1, -0.05) is 32.7 Å². The second-order valence-electron chi connectivity index (χ2n) is 4.42. The third-order valence-corrected chi connectivity index (χ3v) is 7.61. The second-order valence-corrected chi connectivity index (χ2v) is 14.0. The molecule has 0 fully saturated rings. The summed E-state index contributed by atoms with van der Waals surface area (Å²) in [6, 6.07) is 0. The SMILES string of the molecule is C[Si](C)(C)N[Si](C)(C)CO. The lowest BCUT2D eigenvalue weighted by Crippen LogP contribution is -2.59. The van der Waals surface area contributed by atoms with Crippen molar-refractivity contribution in [2.24, 2.45) is 0 Å². The highest BCUT2D eigenvalue weighted by Gasteiger charge is 2.26. The summed E-state index contributed by atoms with van der Waals surface area (Å²) in [7, 11) is -2.61. The zero-order valence-electron chi connectivity index (χ0n) is 7.65. The van der Waals surface area contributed by atoms with Gasteiger partial charge in [0, 0.05) is 6.23 Å². The molecule has 0 aliphatic carbocycles. The van der Waals surface area contributed by atoms with Gasteiger partial charge < -0.3 is 9.75 Å². The lowest BCUT2D eigenvalue weighted by atomic mass is 11.7. The molecule has 0 saturated carbocycles. The van der Waals surface area contributed by atoms with Crippen molar-refractivity contribution in [2.75, 3.05) is 6.23 Å². The fraction of sp³-hybridized carbons (Fsp3) is 1.00. The summed E-state index contributed by atoms with van der Waals surface area (Å²) in [5.41, 5.74) is 0. The first-order chi connectivity index (χ1) is 4.27. The Labute approximate surface area is 65.8 Å². The number of aliphatic hydroxyl groups excluding tert-OH is 1. The first-order valence-electron chi connectivity index (χ1n) is 3.67. The highest BCUT2D eigenvalue weighted by molar-refractivity contribution is 6.90. The van der Waals surface area contributed by atoms with Crippen LogP contribution in [-0.4, -0.2) is 27.8 Å². The minimum absolute atomic E-state index is 0.345. The van der Waals surface area contributed by atoms with E-state index in [1.165, 1.54) is 0 Å². The molecule has 0 aliphatic rings. The normalized spacial score (nSPS) is 13.8. The average molecular weight is 177 g/mol. The number of hydrogen-bond acceptors (Lipinski definition) is 2. The Bertz CT molecular complexity index is 109. The number of rotatable bonds is 3. The van der Waals surface area contributed by atoms with E-state index in [2.05, 4.69) is 37.4 Å². The van der Waals surface area contributed by atoms with Gasteiger partial charge in [0.2, 0.25) is 0 Å². The Morgan fingerprint density at radius 2 is 1.50 bits per heavy atom. The van der Waals surface area contributed by atoms with Crippen LogP contribution in [0.1, 0.15) is 0 Å². The fourth-order valence-electron chi connectivity index (χ4n) is 1.05. The Hall–Kier alpha value is 0.354. The topological polar surface area (TPSA) is 32.3 Å². The summed E-state index contributed by atoms with van der Waals surface area (Å²) in [6.07, 6.45) is 0.345. The Balaban J connectivity index is 3.89. The van der Waals surface area contributed by atoms with E-state index in [-0.39, 0.29) is 0 Å². The molecular weight excluding hydrogens is 158 g/mol. The Morgan fingerprint density at radius 3 is 1.60 bits per heavy atom. The highest BCUT2D eigenvalue weighted by Crippen LogP contribution is 2.02. The number of nitrogens with one attached hydrogen (secondary N) is 1. The molecule has 0 aromatic heterocycles. The van der Waals surface area contributed by atoms with Crippen molar-refractivity contribution in [2.45, 2.75) is 32.7 Å². The summed E-state index contributed by atoms with van der Waals surface area (Å²) in [5.74, 6) is 0. The van der Waals surface area contributed by atoms with Gasteiger partial charge in [0.1, 0.15) is 16.5 Å². The Kier molecular flexibility index (Phi) is 3.28. The van der Waals surface area contributed by atoms with Gasteiger partial charge >= 0.3 is 0 Å². The van der Waals surface area contributed by atoms with Crippen LogP contribution in [0, 0.1) is 0 Å². The van der Waals surface area contributed by atoms with Crippen LogP contribution in [0.2, 0.25) is 32.7 Å². The van der Waals surface area contributed by atoms with Crippen molar-refractivity contribution in [1.82, 2.24) is 4.65 Å². The van der Waals surface area contributed by atoms with Gasteiger partial charge in [-0.05, 0) is 0 Å². The molecule has 2 nitrogen and oxygen atoms in total. The molecule has 2 N–H and O–H groups in total. The highest BCUT2D eigenvalue weighted by atomic mass is 28.4. The lowest BCUT2D eigenvalue weighted by Gasteiger charge is -2.30. The molecule has 10 heavy (non-hydrogen) atoms. The Morgan fingerprint density at radius 1 is 1.10 bits per heavy atom. The van der Waals surface area contributed by atoms with Gasteiger partial charge in [-0.3, -0.25) is 0 Å². The third-order valence-electron chi connectivity index (χ3n) is 1.11. The number of aliphatic hydroxyl groups is 1. The molecule has 62 valence electrons. The molecule has 0 atom stereocenters. The maximum absolute atomic E-state index is 8.98. The van der Waals surface area contributed by atoms with Gasteiger partial charge in [-0.25, -0.2) is 0 Å². The van der Waals surface area contributed by atoms with Crippen molar-refractivity contribution < 1.29 is 5.11 Å². The molecule has 0 aromatic carbocycles. The van der Waals surface area contributed by atoms with E-state index in [4.69, 9.17) is 5.11 Å². The lowest BCUT2D eigenvalue weighted by molar-refractivity contribution is 0.357. The largest absolute Gasteiger partial charge is 0.398 e. The average Bonchev–Trinajstić information content (AvgIpc) is 1.60. The molecule has 0 unspecified atom stereocenters. The molecule has 0 aliphatic heterocycles. The molecule has 0 aromatic rings. The molecular formula is C6H19NOSi2. The van der Waals surface area contributed by atoms with Gasteiger partial charge in [-0.2, -0.15) is 0 Å². The summed E-state index contributed by atoms with van der Waals surface area (Å²) < 4.78 is 3.57.